The molecule has 43 heavy (non-hydrogen) atoms. The molecule has 11 heteroatoms. The van der Waals surface area contributed by atoms with Gasteiger partial charge in [0.1, 0.15) is 23.9 Å². The summed E-state index contributed by atoms with van der Waals surface area (Å²) < 4.78 is 11.6. The van der Waals surface area contributed by atoms with Crippen LogP contribution in [0.4, 0.5) is 11.4 Å². The molecule has 1 unspecified atom stereocenters. The van der Waals surface area contributed by atoms with Gasteiger partial charge in [0.25, 0.3) is 5.69 Å². The van der Waals surface area contributed by atoms with Gasteiger partial charge in [-0.2, -0.15) is 0 Å². The molecule has 4 rings (SSSR count). The first-order chi connectivity index (χ1) is 20.7. The van der Waals surface area contributed by atoms with Crippen LogP contribution in [-0.2, 0) is 25.5 Å². The van der Waals surface area contributed by atoms with Crippen molar-refractivity contribution in [3.05, 3.63) is 94.5 Å². The molecule has 0 saturated carbocycles. The van der Waals surface area contributed by atoms with Crippen LogP contribution in [0, 0.1) is 10.1 Å². The van der Waals surface area contributed by atoms with Gasteiger partial charge in [-0.3, -0.25) is 14.9 Å². The van der Waals surface area contributed by atoms with Gasteiger partial charge in [-0.25, -0.2) is 9.59 Å². The van der Waals surface area contributed by atoms with E-state index in [0.29, 0.717) is 25.0 Å². The summed E-state index contributed by atoms with van der Waals surface area (Å²) in [5.41, 5.74) is 0.981. The molecule has 0 radical (unpaired) electrons. The number of likely N-dealkylation sites (tertiary alicyclic amines) is 1. The van der Waals surface area contributed by atoms with Crippen LogP contribution in [0.3, 0.4) is 0 Å². The highest BCUT2D eigenvalue weighted by molar-refractivity contribution is 5.92. The standard InChI is InChI=1S/C32H35N3O8/c1-3-42-32(39)28(18-16-23-11-6-4-7-12-23)34(22(2)30(36)33-20-10-15-27(33)31(37)38)26-19-17-24(35(40)41)21-29(26)43-25-13-8-5-9-14-25/h4-9,11-14,17,19,21-22,27-28H,3,10,15-16,18,20H2,1-2H3,(H,37,38)/t22?,27-,28-/m0/s1. The number of aryl methyl sites for hydroxylation is 1. The summed E-state index contributed by atoms with van der Waals surface area (Å²) in [5, 5.41) is 21.5. The van der Waals surface area contributed by atoms with Gasteiger partial charge >= 0.3 is 11.9 Å². The zero-order valence-corrected chi connectivity index (χ0v) is 24.1. The lowest BCUT2D eigenvalue weighted by Crippen LogP contribution is -2.56. The Hall–Kier alpha value is -4.93. The number of carboxylic acid groups (broad SMARTS) is 1. The number of nitro groups is 1. The lowest BCUT2D eigenvalue weighted by Gasteiger charge is -2.39. The fraction of sp³-hybridized carbons (Fsp3) is 0.344. The van der Waals surface area contributed by atoms with Crippen LogP contribution in [0.1, 0.15) is 38.7 Å². The minimum atomic E-state index is -1.10. The van der Waals surface area contributed by atoms with Crippen molar-refractivity contribution in [2.24, 2.45) is 0 Å². The number of amides is 1. The largest absolute Gasteiger partial charge is 0.480 e. The summed E-state index contributed by atoms with van der Waals surface area (Å²) >= 11 is 0. The normalized spacial score (nSPS) is 15.8. The van der Waals surface area contributed by atoms with E-state index in [1.54, 1.807) is 49.1 Å². The van der Waals surface area contributed by atoms with E-state index >= 15 is 0 Å². The molecular formula is C32H35N3O8. The van der Waals surface area contributed by atoms with Crippen LogP contribution in [0.2, 0.25) is 0 Å². The third-order valence-electron chi connectivity index (χ3n) is 7.44. The minimum Gasteiger partial charge on any atom is -0.480 e. The van der Waals surface area contributed by atoms with Crippen LogP contribution >= 0.6 is 0 Å². The number of aliphatic carboxylic acids is 1. The highest BCUT2D eigenvalue weighted by Gasteiger charge is 2.41. The molecule has 1 fully saturated rings. The van der Waals surface area contributed by atoms with E-state index in [1.807, 2.05) is 30.3 Å². The summed E-state index contributed by atoms with van der Waals surface area (Å²) in [5.74, 6) is -1.71. The van der Waals surface area contributed by atoms with Crippen molar-refractivity contribution in [3.63, 3.8) is 0 Å². The van der Waals surface area contributed by atoms with Gasteiger partial charge in [-0.15, -0.1) is 0 Å². The number of hydrogen-bond donors (Lipinski definition) is 1. The Bertz CT molecular complexity index is 1430. The fourth-order valence-corrected chi connectivity index (χ4v) is 5.38. The van der Waals surface area contributed by atoms with Crippen molar-refractivity contribution in [2.75, 3.05) is 18.1 Å². The number of hydrogen-bond acceptors (Lipinski definition) is 8. The number of para-hydroxylation sites is 1. The Morgan fingerprint density at radius 2 is 1.74 bits per heavy atom. The monoisotopic (exact) mass is 589 g/mol. The fourth-order valence-electron chi connectivity index (χ4n) is 5.38. The van der Waals surface area contributed by atoms with E-state index in [0.717, 1.165) is 5.56 Å². The molecule has 1 aliphatic heterocycles. The average molecular weight is 590 g/mol. The highest BCUT2D eigenvalue weighted by Crippen LogP contribution is 2.39. The summed E-state index contributed by atoms with van der Waals surface area (Å²) in [7, 11) is 0. The van der Waals surface area contributed by atoms with E-state index < -0.39 is 40.9 Å². The van der Waals surface area contributed by atoms with Crippen LogP contribution in [0.5, 0.6) is 11.5 Å². The number of rotatable bonds is 13. The molecule has 226 valence electrons. The van der Waals surface area contributed by atoms with Crippen LogP contribution < -0.4 is 9.64 Å². The van der Waals surface area contributed by atoms with E-state index in [-0.39, 0.29) is 36.7 Å². The Kier molecular flexibility index (Phi) is 10.3. The summed E-state index contributed by atoms with van der Waals surface area (Å²) in [4.78, 5) is 53.6. The number of carboxylic acids is 1. The number of esters is 1. The second kappa shape index (κ2) is 14.3. The third-order valence-corrected chi connectivity index (χ3v) is 7.44. The lowest BCUT2D eigenvalue weighted by atomic mass is 10.0. The first-order valence-electron chi connectivity index (χ1n) is 14.2. The zero-order valence-electron chi connectivity index (χ0n) is 24.1. The SMILES string of the molecule is CCOC(=O)[C@H](CCc1ccccc1)N(c1ccc([N+](=O)[O-])cc1Oc1ccccc1)C(C)C(=O)N1CCC[C@H]1C(=O)O. The van der Waals surface area contributed by atoms with Crippen LogP contribution in [-0.4, -0.2) is 64.1 Å². The first kappa shape index (κ1) is 31.0. The van der Waals surface area contributed by atoms with Crippen molar-refractivity contribution in [3.8, 4) is 11.5 Å². The second-order valence-electron chi connectivity index (χ2n) is 10.2. The van der Waals surface area contributed by atoms with Gasteiger partial charge in [0.05, 0.1) is 23.3 Å². The number of anilines is 1. The quantitative estimate of drug-likeness (QED) is 0.161. The molecule has 1 saturated heterocycles. The maximum Gasteiger partial charge on any atom is 0.328 e. The van der Waals surface area contributed by atoms with E-state index in [4.69, 9.17) is 9.47 Å². The Labute approximate surface area is 249 Å². The van der Waals surface area contributed by atoms with Gasteiger partial charge < -0.3 is 24.4 Å². The number of nitrogens with zero attached hydrogens (tertiary/aromatic N) is 3. The molecule has 3 atom stereocenters. The van der Waals surface area contributed by atoms with Gasteiger partial charge in [-0.1, -0.05) is 48.5 Å². The highest BCUT2D eigenvalue weighted by atomic mass is 16.6. The molecule has 1 aliphatic rings. The molecule has 1 heterocycles. The van der Waals surface area contributed by atoms with E-state index in [9.17, 15) is 29.6 Å². The van der Waals surface area contributed by atoms with E-state index in [2.05, 4.69) is 0 Å². The van der Waals surface area contributed by atoms with Crippen molar-refractivity contribution >= 4 is 29.2 Å². The smallest absolute Gasteiger partial charge is 0.328 e. The number of ether oxygens (including phenoxy) is 2. The van der Waals surface area contributed by atoms with Crippen molar-refractivity contribution in [1.82, 2.24) is 4.90 Å². The lowest BCUT2D eigenvalue weighted by molar-refractivity contribution is -0.384. The Morgan fingerprint density at radius 1 is 1.07 bits per heavy atom. The predicted molar refractivity (Wildman–Crippen MR) is 159 cm³/mol. The number of carbonyl (C=O) groups is 3. The second-order valence-corrected chi connectivity index (χ2v) is 10.2. The topological polar surface area (TPSA) is 140 Å². The minimum absolute atomic E-state index is 0.0604. The van der Waals surface area contributed by atoms with Crippen LogP contribution in [0.25, 0.3) is 0 Å². The van der Waals surface area contributed by atoms with Gasteiger partial charge in [-0.05, 0) is 63.3 Å². The van der Waals surface area contributed by atoms with Gasteiger partial charge in [0.2, 0.25) is 5.91 Å². The summed E-state index contributed by atoms with van der Waals surface area (Å²) in [6.07, 6.45) is 1.56. The van der Waals surface area contributed by atoms with Gasteiger partial charge in [0, 0.05) is 12.6 Å². The maximum atomic E-state index is 14.0. The van der Waals surface area contributed by atoms with Crippen molar-refractivity contribution < 1.29 is 33.9 Å². The molecule has 0 bridgehead atoms. The van der Waals surface area contributed by atoms with Crippen LogP contribution in [0.15, 0.2) is 78.9 Å². The zero-order chi connectivity index (χ0) is 30.9. The number of benzene rings is 3. The number of nitro benzene ring substituents is 1. The molecule has 1 N–H and O–H groups in total. The Morgan fingerprint density at radius 3 is 2.37 bits per heavy atom. The molecule has 11 nitrogen and oxygen atoms in total. The molecule has 1 amide bonds. The number of non-ortho nitro benzene ring substituents is 1. The average Bonchev–Trinajstić information content (AvgIpc) is 3.50. The molecule has 3 aromatic rings. The van der Waals surface area contributed by atoms with Crippen molar-refractivity contribution in [1.29, 1.82) is 0 Å². The third kappa shape index (κ3) is 7.48. The Balaban J connectivity index is 1.84. The first-order valence-corrected chi connectivity index (χ1v) is 14.2. The molecule has 0 aromatic heterocycles. The predicted octanol–water partition coefficient (Wildman–Crippen LogP) is 5.22. The van der Waals surface area contributed by atoms with E-state index in [1.165, 1.54) is 23.1 Å². The maximum absolute atomic E-state index is 14.0. The number of carbonyl (C=O) groups excluding carboxylic acids is 2. The summed E-state index contributed by atoms with van der Waals surface area (Å²) in [6.45, 7) is 3.64. The molecule has 0 spiro atoms. The molecule has 0 aliphatic carbocycles. The molecular weight excluding hydrogens is 554 g/mol. The molecule has 3 aromatic carbocycles. The van der Waals surface area contributed by atoms with Crippen molar-refractivity contribution in [2.45, 2.75) is 57.7 Å². The summed E-state index contributed by atoms with van der Waals surface area (Å²) in [6, 6.07) is 19.1. The van der Waals surface area contributed by atoms with Gasteiger partial charge in [0.15, 0.2) is 5.75 Å².